The summed E-state index contributed by atoms with van der Waals surface area (Å²) in [6.45, 7) is 4.58. The zero-order valence-electron chi connectivity index (χ0n) is 20.2. The van der Waals surface area contributed by atoms with E-state index in [2.05, 4.69) is 19.1 Å². The maximum atomic E-state index is 12.5. The van der Waals surface area contributed by atoms with Gasteiger partial charge in [0.25, 0.3) is 0 Å². The highest BCUT2D eigenvalue weighted by Gasteiger charge is 2.41. The van der Waals surface area contributed by atoms with Crippen LogP contribution in [0.2, 0.25) is 0 Å². The van der Waals surface area contributed by atoms with Crippen molar-refractivity contribution in [3.8, 4) is 0 Å². The lowest BCUT2D eigenvalue weighted by molar-refractivity contribution is -0.883. The molecule has 5 heteroatoms. The summed E-state index contributed by atoms with van der Waals surface area (Å²) in [4.78, 5) is 10.2. The molecule has 0 aliphatic rings. The number of rotatable bonds is 20. The first-order chi connectivity index (χ1) is 13.8. The molecule has 0 aromatic rings. The van der Waals surface area contributed by atoms with E-state index >= 15 is 0 Å². The molecule has 4 nitrogen and oxygen atoms in total. The molecule has 1 N–H and O–H groups in total. The van der Waals surface area contributed by atoms with Crippen LogP contribution in [-0.2, 0) is 9.09 Å². The second-order valence-electron chi connectivity index (χ2n) is 9.34. The lowest BCUT2D eigenvalue weighted by atomic mass is 10.1. The lowest BCUT2D eigenvalue weighted by Crippen LogP contribution is -2.44. The van der Waals surface area contributed by atoms with E-state index in [1.165, 1.54) is 77.0 Å². The molecule has 0 aliphatic heterocycles. The van der Waals surface area contributed by atoms with Crippen molar-refractivity contribution in [1.82, 2.24) is 0 Å². The molecule has 0 saturated heterocycles. The SMILES string of the molecule is CCC/C=C\CCCCCCCCCCCCCOP(=O)(O)C(CC)[N+](C)(C)C. The Morgan fingerprint density at radius 3 is 1.69 bits per heavy atom. The van der Waals surface area contributed by atoms with Gasteiger partial charge in [-0.05, 0) is 25.7 Å². The molecular formula is C24H51NO3P+. The molecule has 0 radical (unpaired) electrons. The van der Waals surface area contributed by atoms with E-state index in [1.54, 1.807) is 0 Å². The van der Waals surface area contributed by atoms with Crippen LogP contribution in [0, 0.1) is 0 Å². The van der Waals surface area contributed by atoms with Crippen LogP contribution in [0.1, 0.15) is 110 Å². The fourth-order valence-corrected chi connectivity index (χ4v) is 5.75. The number of nitrogens with zero attached hydrogens (tertiary/aromatic N) is 1. The maximum Gasteiger partial charge on any atom is 0.385 e. The Labute approximate surface area is 182 Å². The van der Waals surface area contributed by atoms with Crippen molar-refractivity contribution in [2.75, 3.05) is 27.7 Å². The summed E-state index contributed by atoms with van der Waals surface area (Å²) in [5.74, 6) is -0.347. The Morgan fingerprint density at radius 2 is 1.24 bits per heavy atom. The first-order valence-corrected chi connectivity index (χ1v) is 13.8. The van der Waals surface area contributed by atoms with Gasteiger partial charge in [0.1, 0.15) is 0 Å². The fourth-order valence-electron chi connectivity index (χ4n) is 3.86. The molecule has 0 aromatic heterocycles. The van der Waals surface area contributed by atoms with Crippen molar-refractivity contribution in [3.05, 3.63) is 12.2 Å². The van der Waals surface area contributed by atoms with Gasteiger partial charge in [-0.1, -0.05) is 90.2 Å². The third kappa shape index (κ3) is 16.2. The molecule has 0 heterocycles. The summed E-state index contributed by atoms with van der Waals surface area (Å²) in [6, 6.07) is 0. The van der Waals surface area contributed by atoms with E-state index in [0.29, 0.717) is 17.5 Å². The van der Waals surface area contributed by atoms with Crippen molar-refractivity contribution < 1.29 is 18.5 Å². The van der Waals surface area contributed by atoms with Gasteiger partial charge in [-0.3, -0.25) is 4.57 Å². The molecule has 0 aromatic carbocycles. The highest BCUT2D eigenvalue weighted by molar-refractivity contribution is 7.53. The van der Waals surface area contributed by atoms with Gasteiger partial charge in [0, 0.05) is 6.42 Å². The summed E-state index contributed by atoms with van der Waals surface area (Å²) in [6.07, 6.45) is 23.0. The molecule has 2 atom stereocenters. The molecule has 174 valence electrons. The summed E-state index contributed by atoms with van der Waals surface area (Å²) in [7, 11) is 2.31. The third-order valence-corrected chi connectivity index (χ3v) is 7.91. The summed E-state index contributed by atoms with van der Waals surface area (Å²) >= 11 is 0. The predicted molar refractivity (Wildman–Crippen MR) is 127 cm³/mol. The average Bonchev–Trinajstić information content (AvgIpc) is 2.63. The Hall–Kier alpha value is -0.150. The van der Waals surface area contributed by atoms with Gasteiger partial charge in [-0.15, -0.1) is 0 Å². The number of unbranched alkanes of at least 4 members (excludes halogenated alkanes) is 12. The fraction of sp³-hybridized carbons (Fsp3) is 0.917. The zero-order chi connectivity index (χ0) is 22.0. The van der Waals surface area contributed by atoms with Crippen molar-refractivity contribution in [2.24, 2.45) is 0 Å². The average molecular weight is 433 g/mol. The van der Waals surface area contributed by atoms with E-state index < -0.39 is 7.60 Å². The van der Waals surface area contributed by atoms with Crippen LogP contribution in [-0.4, -0.2) is 42.9 Å². The van der Waals surface area contributed by atoms with Crippen LogP contribution in [0.15, 0.2) is 12.2 Å². The predicted octanol–water partition coefficient (Wildman–Crippen LogP) is 7.67. The summed E-state index contributed by atoms with van der Waals surface area (Å²) in [5, 5.41) is 0. The minimum atomic E-state index is -3.55. The molecule has 0 rings (SSSR count). The second kappa shape index (κ2) is 17.5. The number of allylic oxidation sites excluding steroid dienone is 2. The molecule has 0 spiro atoms. The van der Waals surface area contributed by atoms with Crippen LogP contribution in [0.3, 0.4) is 0 Å². The quantitative estimate of drug-likeness (QED) is 0.0929. The zero-order valence-corrected chi connectivity index (χ0v) is 21.1. The van der Waals surface area contributed by atoms with E-state index in [1.807, 2.05) is 28.1 Å². The Balaban J connectivity index is 3.49. The van der Waals surface area contributed by atoms with Gasteiger partial charge >= 0.3 is 7.60 Å². The van der Waals surface area contributed by atoms with Crippen molar-refractivity contribution in [3.63, 3.8) is 0 Å². The highest BCUT2D eigenvalue weighted by Crippen LogP contribution is 2.51. The summed E-state index contributed by atoms with van der Waals surface area (Å²) in [5.41, 5.74) is 0. The Bertz CT molecular complexity index is 446. The number of hydrogen-bond donors (Lipinski definition) is 1. The second-order valence-corrected chi connectivity index (χ2v) is 11.3. The summed E-state index contributed by atoms with van der Waals surface area (Å²) < 4.78 is 18.3. The molecule has 29 heavy (non-hydrogen) atoms. The Kier molecular flexibility index (Phi) is 17.4. The van der Waals surface area contributed by atoms with Crippen LogP contribution in [0.25, 0.3) is 0 Å². The highest BCUT2D eigenvalue weighted by atomic mass is 31.2. The largest absolute Gasteiger partial charge is 0.385 e. The van der Waals surface area contributed by atoms with Crippen LogP contribution in [0.4, 0.5) is 0 Å². The van der Waals surface area contributed by atoms with Crippen LogP contribution >= 0.6 is 7.60 Å². The topological polar surface area (TPSA) is 46.5 Å². The number of hydrogen-bond acceptors (Lipinski definition) is 2. The van der Waals surface area contributed by atoms with E-state index in [9.17, 15) is 9.46 Å². The molecule has 0 aliphatic carbocycles. The van der Waals surface area contributed by atoms with Gasteiger partial charge in [-0.25, -0.2) is 0 Å². The van der Waals surface area contributed by atoms with Crippen LogP contribution in [0.5, 0.6) is 0 Å². The van der Waals surface area contributed by atoms with Crippen molar-refractivity contribution in [1.29, 1.82) is 0 Å². The van der Waals surface area contributed by atoms with Gasteiger partial charge in [0.2, 0.25) is 0 Å². The maximum absolute atomic E-state index is 12.5. The first-order valence-electron chi connectivity index (χ1n) is 12.2. The van der Waals surface area contributed by atoms with E-state index in [-0.39, 0.29) is 5.78 Å². The normalized spacial score (nSPS) is 15.7. The minimum absolute atomic E-state index is 0.347. The van der Waals surface area contributed by atoms with Gasteiger partial charge in [0.05, 0.1) is 27.7 Å². The third-order valence-electron chi connectivity index (χ3n) is 5.55. The molecular weight excluding hydrogens is 381 g/mol. The van der Waals surface area contributed by atoms with E-state index in [0.717, 1.165) is 12.8 Å². The monoisotopic (exact) mass is 432 g/mol. The van der Waals surface area contributed by atoms with Gasteiger partial charge < -0.3 is 13.9 Å². The number of quaternary nitrogens is 1. The first kappa shape index (κ1) is 28.9. The Morgan fingerprint density at radius 1 is 0.793 bits per heavy atom. The van der Waals surface area contributed by atoms with Crippen molar-refractivity contribution in [2.45, 2.75) is 116 Å². The van der Waals surface area contributed by atoms with Crippen LogP contribution < -0.4 is 0 Å². The lowest BCUT2D eigenvalue weighted by Gasteiger charge is -2.35. The van der Waals surface area contributed by atoms with Crippen molar-refractivity contribution >= 4 is 7.60 Å². The van der Waals surface area contributed by atoms with Gasteiger partial charge in [-0.2, -0.15) is 0 Å². The molecule has 0 bridgehead atoms. The standard InChI is InChI=1S/C24H50NO3P/c1-6-8-9-10-11-12-13-14-15-16-17-18-19-20-21-22-23-28-29(26,27)24(7-2)25(3,4)5/h9-10,24H,6-8,11-23H2,1-5H3/p+1/b10-9-. The molecule has 0 amide bonds. The van der Waals surface area contributed by atoms with Gasteiger partial charge in [0.15, 0.2) is 5.78 Å². The molecule has 0 saturated carbocycles. The smallest absolute Gasteiger partial charge is 0.320 e. The minimum Gasteiger partial charge on any atom is -0.320 e. The molecule has 0 fully saturated rings. The molecule has 2 unspecified atom stereocenters. The van der Waals surface area contributed by atoms with E-state index in [4.69, 9.17) is 4.52 Å².